The van der Waals surface area contributed by atoms with Crippen molar-refractivity contribution >= 4 is 57.1 Å². The van der Waals surface area contributed by atoms with Crippen molar-refractivity contribution in [3.05, 3.63) is 168 Å². The summed E-state index contributed by atoms with van der Waals surface area (Å²) >= 11 is 0. The van der Waals surface area contributed by atoms with Gasteiger partial charge in [0.25, 0.3) is 0 Å². The van der Waals surface area contributed by atoms with E-state index in [-0.39, 0.29) is 64.5 Å². The van der Waals surface area contributed by atoms with E-state index in [0.717, 1.165) is 17.7 Å². The number of nitrogens with zero attached hydrogens (tertiary/aromatic N) is 2. The number of hydrogen-bond acceptors (Lipinski definition) is 12. The number of urea groups is 2. The number of fused-ring (bicyclic) bond motifs is 2. The van der Waals surface area contributed by atoms with Gasteiger partial charge >= 0.3 is 12.1 Å². The van der Waals surface area contributed by atoms with E-state index in [2.05, 4.69) is 31.2 Å². The summed E-state index contributed by atoms with van der Waals surface area (Å²) in [6.45, 7) is 0. The normalized spacial score (nSPS) is 10.6. The molecule has 0 saturated heterocycles. The highest BCUT2D eigenvalue weighted by Gasteiger charge is 2.17. The van der Waals surface area contributed by atoms with Gasteiger partial charge in [-0.2, -0.15) is 0 Å². The fraction of sp³-hybridized carbons (Fsp3) is 0.0800. The molecule has 2 aromatic heterocycles. The lowest BCUT2D eigenvalue weighted by Crippen LogP contribution is -2.35. The Hall–Kier alpha value is -9.39. The number of amides is 6. The molecule has 8 rings (SSSR count). The summed E-state index contributed by atoms with van der Waals surface area (Å²) < 4.78 is 64.0. The maximum absolute atomic E-state index is 14.7. The van der Waals surface area contributed by atoms with E-state index in [1.165, 1.54) is 105 Å². The molecular weight excluding hydrogens is 902 g/mol. The van der Waals surface area contributed by atoms with Crippen LogP contribution in [0.25, 0.3) is 21.8 Å². The molecule has 0 fully saturated rings. The van der Waals surface area contributed by atoms with Crippen LogP contribution in [-0.4, -0.2) is 58.3 Å². The molecule has 0 aliphatic heterocycles. The second kappa shape index (κ2) is 21.7. The van der Waals surface area contributed by atoms with Crippen LogP contribution in [0.4, 0.5) is 34.1 Å². The van der Waals surface area contributed by atoms with E-state index in [1.807, 2.05) is 6.07 Å². The van der Waals surface area contributed by atoms with Crippen LogP contribution < -0.4 is 40.2 Å². The van der Waals surface area contributed by atoms with Gasteiger partial charge in [-0.1, -0.05) is 42.5 Å². The minimum atomic E-state index is -0.850. The standard InChI is InChI=1S/C25H19F2N3O5.C25H20FN3O5/c1-34-23-12-17-19(13-20(23)31)28-9-8-21(17)35-22-7-6-16(11-18(22)27)29-25(33)30-24(32)10-14-2-4-15(26)5-3-14;1-33-23-13-17-19(14-20(23)30)27-10-9-21(17)34-22-8-7-16(12-18(22)26)28-25(32)29-24(31)11-15-5-3-2-4-6-15/h2-9,11-13,31H,10H2,1H3,(H2,29,30,32,33);2-10,12-14,30H,11H2,1H3,(H2,28,29,31,32). The van der Waals surface area contributed by atoms with Crippen LogP contribution in [-0.2, 0) is 22.4 Å². The molecule has 0 atom stereocenters. The van der Waals surface area contributed by atoms with Crippen LogP contribution in [0.2, 0.25) is 0 Å². The van der Waals surface area contributed by atoms with Gasteiger partial charge in [-0.3, -0.25) is 30.2 Å². The molecule has 19 heteroatoms. The van der Waals surface area contributed by atoms with Gasteiger partial charge in [0.1, 0.15) is 17.3 Å². The van der Waals surface area contributed by atoms with Gasteiger partial charge in [-0.05, 0) is 71.8 Å². The number of carbonyl (C=O) groups excluding carboxylic acids is 4. The van der Waals surface area contributed by atoms with Gasteiger partial charge in [-0.15, -0.1) is 0 Å². The number of benzene rings is 6. The Morgan fingerprint density at radius 3 is 1.36 bits per heavy atom. The first kappa shape index (κ1) is 47.6. The van der Waals surface area contributed by atoms with E-state index in [0.29, 0.717) is 33.1 Å². The topological polar surface area (TPSA) is 220 Å². The summed E-state index contributed by atoms with van der Waals surface area (Å²) in [5.74, 6) is -2.43. The second-order valence-corrected chi connectivity index (χ2v) is 14.7. The molecule has 350 valence electrons. The Bertz CT molecular complexity index is 3200. The fourth-order valence-electron chi connectivity index (χ4n) is 6.57. The van der Waals surface area contributed by atoms with Crippen molar-refractivity contribution in [2.24, 2.45) is 0 Å². The molecule has 0 saturated carbocycles. The summed E-state index contributed by atoms with van der Waals surface area (Å²) in [6.07, 6.45) is 2.83. The number of phenolic OH excluding ortho intramolecular Hbond substituents is 2. The molecule has 0 aliphatic carbocycles. The number of hydrogen-bond donors (Lipinski definition) is 6. The zero-order valence-electron chi connectivity index (χ0n) is 36.4. The summed E-state index contributed by atoms with van der Waals surface area (Å²) in [6, 6.07) is 29.2. The first-order chi connectivity index (χ1) is 33.2. The van der Waals surface area contributed by atoms with Crippen LogP contribution in [0.1, 0.15) is 11.1 Å². The van der Waals surface area contributed by atoms with Crippen molar-refractivity contribution in [1.29, 1.82) is 0 Å². The lowest BCUT2D eigenvalue weighted by Gasteiger charge is -2.12. The molecule has 0 bridgehead atoms. The second-order valence-electron chi connectivity index (χ2n) is 14.7. The Labute approximate surface area is 390 Å². The van der Waals surface area contributed by atoms with Crippen LogP contribution in [0, 0.1) is 17.5 Å². The monoisotopic (exact) mass is 940 g/mol. The molecule has 6 N–H and O–H groups in total. The number of nitrogens with one attached hydrogen (secondary N) is 4. The van der Waals surface area contributed by atoms with Gasteiger partial charge in [0.2, 0.25) is 11.8 Å². The lowest BCUT2D eigenvalue weighted by molar-refractivity contribution is -0.120. The average molecular weight is 941 g/mol. The number of ether oxygens (including phenoxy) is 4. The fourth-order valence-corrected chi connectivity index (χ4v) is 6.57. The molecule has 0 unspecified atom stereocenters. The first-order valence-corrected chi connectivity index (χ1v) is 20.5. The molecule has 6 aromatic carbocycles. The van der Waals surface area contributed by atoms with Gasteiger partial charge in [0, 0.05) is 58.8 Å². The number of phenols is 2. The van der Waals surface area contributed by atoms with Crippen molar-refractivity contribution in [2.45, 2.75) is 12.8 Å². The van der Waals surface area contributed by atoms with E-state index < -0.39 is 41.3 Å². The quantitative estimate of drug-likeness (QED) is 0.0674. The number of halogens is 3. The summed E-state index contributed by atoms with van der Waals surface area (Å²) in [7, 11) is 2.81. The Morgan fingerprint density at radius 1 is 0.507 bits per heavy atom. The zero-order chi connectivity index (χ0) is 49.0. The third-order valence-electron chi connectivity index (χ3n) is 9.82. The average Bonchev–Trinajstić information content (AvgIpc) is 3.31. The predicted molar refractivity (Wildman–Crippen MR) is 247 cm³/mol. The Morgan fingerprint density at radius 2 is 0.942 bits per heavy atom. The number of carbonyl (C=O) groups is 4. The molecule has 16 nitrogen and oxygen atoms in total. The van der Waals surface area contributed by atoms with Crippen molar-refractivity contribution in [3.63, 3.8) is 0 Å². The SMILES string of the molecule is COc1cc2c(Oc3ccc(NC(=O)NC(=O)Cc4ccc(F)cc4)cc3F)ccnc2cc1O.COc1cc2c(Oc3ccc(NC(=O)NC(=O)Cc4ccccc4)cc3F)ccnc2cc1O. The van der Waals surface area contributed by atoms with Crippen molar-refractivity contribution < 1.29 is 61.5 Å². The number of imide groups is 2. The van der Waals surface area contributed by atoms with Crippen molar-refractivity contribution in [1.82, 2.24) is 20.6 Å². The maximum Gasteiger partial charge on any atom is 0.325 e. The molecular formula is C50H39F3N6O10. The number of aromatic hydroxyl groups is 2. The maximum atomic E-state index is 14.7. The molecule has 0 aliphatic rings. The van der Waals surface area contributed by atoms with Crippen LogP contribution in [0.3, 0.4) is 0 Å². The highest BCUT2D eigenvalue weighted by atomic mass is 19.1. The lowest BCUT2D eigenvalue weighted by atomic mass is 10.1. The van der Waals surface area contributed by atoms with E-state index >= 15 is 0 Å². The van der Waals surface area contributed by atoms with E-state index in [9.17, 15) is 42.6 Å². The summed E-state index contributed by atoms with van der Waals surface area (Å²) in [5.41, 5.74) is 2.37. The molecule has 69 heavy (non-hydrogen) atoms. The number of aromatic nitrogens is 2. The van der Waals surface area contributed by atoms with Gasteiger partial charge in [0.15, 0.2) is 46.1 Å². The summed E-state index contributed by atoms with van der Waals surface area (Å²) in [5, 5.41) is 30.0. The minimum Gasteiger partial charge on any atom is -0.504 e. The minimum absolute atomic E-state index is 0.0395. The van der Waals surface area contributed by atoms with Crippen LogP contribution in [0.5, 0.6) is 46.0 Å². The van der Waals surface area contributed by atoms with Crippen molar-refractivity contribution in [2.75, 3.05) is 24.9 Å². The third-order valence-corrected chi connectivity index (χ3v) is 9.82. The zero-order valence-corrected chi connectivity index (χ0v) is 36.4. The molecule has 2 heterocycles. The van der Waals surface area contributed by atoms with Gasteiger partial charge < -0.3 is 39.8 Å². The number of anilines is 2. The molecule has 8 aromatic rings. The third kappa shape index (κ3) is 12.5. The largest absolute Gasteiger partial charge is 0.504 e. The van der Waals surface area contributed by atoms with Crippen LogP contribution >= 0.6 is 0 Å². The number of methoxy groups -OCH3 is 2. The van der Waals surface area contributed by atoms with Crippen LogP contribution in [0.15, 0.2) is 140 Å². The van der Waals surface area contributed by atoms with E-state index in [4.69, 9.17) is 18.9 Å². The first-order valence-electron chi connectivity index (χ1n) is 20.5. The van der Waals surface area contributed by atoms with Crippen molar-refractivity contribution in [3.8, 4) is 46.0 Å². The highest BCUT2D eigenvalue weighted by molar-refractivity contribution is 6.02. The number of pyridine rings is 2. The molecule has 0 radical (unpaired) electrons. The van der Waals surface area contributed by atoms with Gasteiger partial charge in [0.05, 0.1) is 38.1 Å². The Balaban J connectivity index is 0.000000204. The Kier molecular flexibility index (Phi) is 15.0. The summed E-state index contributed by atoms with van der Waals surface area (Å²) in [4.78, 5) is 56.5. The van der Waals surface area contributed by atoms with Gasteiger partial charge in [-0.25, -0.2) is 22.8 Å². The number of rotatable bonds is 12. The predicted octanol–water partition coefficient (Wildman–Crippen LogP) is 9.68. The molecule has 0 spiro atoms. The van der Waals surface area contributed by atoms with E-state index in [1.54, 1.807) is 30.3 Å². The molecule has 6 amide bonds. The smallest absolute Gasteiger partial charge is 0.325 e. The highest BCUT2D eigenvalue weighted by Crippen LogP contribution is 2.39.